The van der Waals surface area contributed by atoms with Gasteiger partial charge in [-0.25, -0.2) is 19.9 Å². The van der Waals surface area contributed by atoms with E-state index < -0.39 is 23.4 Å². The highest BCUT2D eigenvalue weighted by molar-refractivity contribution is 5.92. The van der Waals surface area contributed by atoms with Crippen LogP contribution in [0.2, 0.25) is 0 Å². The van der Waals surface area contributed by atoms with Crippen LogP contribution in [0.25, 0.3) is 22.3 Å². The zero-order valence-electron chi connectivity index (χ0n) is 25.5. The lowest BCUT2D eigenvalue weighted by Gasteiger charge is -2.53. The highest BCUT2D eigenvalue weighted by atomic mass is 19.4. The monoisotopic (exact) mass is 637 g/mol. The van der Waals surface area contributed by atoms with Gasteiger partial charge in [0.1, 0.15) is 23.2 Å². The van der Waals surface area contributed by atoms with Crippen molar-refractivity contribution < 1.29 is 22.7 Å². The molecule has 6 heterocycles. The second-order valence-electron chi connectivity index (χ2n) is 11.9. The summed E-state index contributed by atoms with van der Waals surface area (Å²) in [5.74, 6) is -1.86. The SMILES string of the molecule is COCCN(C)Cc1cc(C(=O)N2CCC(N3CC(CC#N)(n4cc(-c5ncnc6[nH]ccc56)cn4)C3)CC2)nc(C(F)(F)F)n1. The maximum absolute atomic E-state index is 13.6. The molecule has 4 aromatic heterocycles. The van der Waals surface area contributed by atoms with E-state index in [0.29, 0.717) is 52.2 Å². The summed E-state index contributed by atoms with van der Waals surface area (Å²) >= 11 is 0. The topological polar surface area (TPSA) is 145 Å². The number of halogens is 3. The lowest BCUT2D eigenvalue weighted by atomic mass is 9.83. The van der Waals surface area contributed by atoms with E-state index in [1.807, 2.05) is 23.1 Å². The molecule has 242 valence electrons. The third kappa shape index (κ3) is 6.30. The molecule has 0 radical (unpaired) electrons. The summed E-state index contributed by atoms with van der Waals surface area (Å²) in [6, 6.07) is 5.74. The van der Waals surface area contributed by atoms with Crippen molar-refractivity contribution in [1.82, 2.24) is 49.4 Å². The number of likely N-dealkylation sites (N-methyl/N-ethyl adjacent to an activating group) is 1. The second kappa shape index (κ2) is 12.7. The number of ether oxygens (including phenoxy) is 1. The maximum atomic E-state index is 13.6. The summed E-state index contributed by atoms with van der Waals surface area (Å²) in [6.07, 6.45) is 3.78. The number of likely N-dealkylation sites (tertiary alicyclic amines) is 2. The number of alkyl halides is 3. The Morgan fingerprint density at radius 2 is 2.02 bits per heavy atom. The number of fused-ring (bicyclic) bond motifs is 1. The molecular weight excluding hydrogens is 603 g/mol. The molecule has 16 heteroatoms. The summed E-state index contributed by atoms with van der Waals surface area (Å²) < 4.78 is 47.8. The number of amides is 1. The predicted molar refractivity (Wildman–Crippen MR) is 159 cm³/mol. The predicted octanol–water partition coefficient (Wildman–Crippen LogP) is 2.94. The van der Waals surface area contributed by atoms with Gasteiger partial charge in [0.2, 0.25) is 5.82 Å². The Balaban J connectivity index is 1.10. The molecule has 0 atom stereocenters. The van der Waals surface area contributed by atoms with Crippen LogP contribution in [0.5, 0.6) is 0 Å². The summed E-state index contributed by atoms with van der Waals surface area (Å²) in [5, 5.41) is 15.2. The Morgan fingerprint density at radius 3 is 2.74 bits per heavy atom. The number of nitriles is 1. The molecule has 1 amide bonds. The van der Waals surface area contributed by atoms with E-state index in [4.69, 9.17) is 4.74 Å². The highest BCUT2D eigenvalue weighted by Gasteiger charge is 2.48. The van der Waals surface area contributed by atoms with Gasteiger partial charge >= 0.3 is 6.18 Å². The lowest BCUT2D eigenvalue weighted by molar-refractivity contribution is -0.145. The molecule has 13 nitrogen and oxygen atoms in total. The van der Waals surface area contributed by atoms with E-state index in [9.17, 15) is 23.2 Å². The van der Waals surface area contributed by atoms with Gasteiger partial charge in [-0.05, 0) is 32.0 Å². The molecule has 46 heavy (non-hydrogen) atoms. The summed E-state index contributed by atoms with van der Waals surface area (Å²) in [5.41, 5.74) is 1.68. The Kier molecular flexibility index (Phi) is 8.73. The summed E-state index contributed by atoms with van der Waals surface area (Å²) in [4.78, 5) is 38.1. The van der Waals surface area contributed by atoms with Crippen molar-refractivity contribution in [3.8, 4) is 17.3 Å². The molecule has 0 aromatic carbocycles. The number of carbonyl (C=O) groups excluding carboxylic acids is 1. The number of aromatic nitrogens is 7. The molecule has 2 aliphatic rings. The molecule has 2 saturated heterocycles. The molecule has 4 aromatic rings. The third-order valence-corrected chi connectivity index (χ3v) is 8.73. The van der Waals surface area contributed by atoms with E-state index in [1.165, 1.54) is 12.4 Å². The van der Waals surface area contributed by atoms with Crippen molar-refractivity contribution in [3.63, 3.8) is 0 Å². The minimum atomic E-state index is -4.78. The van der Waals surface area contributed by atoms with Gasteiger partial charge in [0.05, 0.1) is 36.7 Å². The smallest absolute Gasteiger partial charge is 0.383 e. The maximum Gasteiger partial charge on any atom is 0.451 e. The molecule has 0 unspecified atom stereocenters. The first-order chi connectivity index (χ1) is 22.1. The number of nitrogens with one attached hydrogen (secondary N) is 1. The summed E-state index contributed by atoms with van der Waals surface area (Å²) in [6.45, 7) is 3.01. The number of aromatic amines is 1. The molecule has 6 rings (SSSR count). The molecule has 0 spiro atoms. The van der Waals surface area contributed by atoms with E-state index >= 15 is 0 Å². The van der Waals surface area contributed by atoms with Crippen LogP contribution in [0, 0.1) is 11.3 Å². The summed E-state index contributed by atoms with van der Waals surface area (Å²) in [7, 11) is 3.29. The largest absolute Gasteiger partial charge is 0.451 e. The number of rotatable bonds is 10. The average Bonchev–Trinajstić information content (AvgIpc) is 3.71. The number of carbonyl (C=O) groups is 1. The van der Waals surface area contributed by atoms with Crippen LogP contribution in [-0.2, 0) is 23.0 Å². The first-order valence-corrected chi connectivity index (χ1v) is 15.0. The first-order valence-electron chi connectivity index (χ1n) is 15.0. The van der Waals surface area contributed by atoms with Crippen molar-refractivity contribution in [2.75, 3.05) is 53.5 Å². The van der Waals surface area contributed by atoms with Gasteiger partial charge in [0, 0.05) is 75.8 Å². The van der Waals surface area contributed by atoms with Gasteiger partial charge in [-0.2, -0.15) is 23.5 Å². The fraction of sp³-hybridized carbons (Fsp3) is 0.500. The fourth-order valence-corrected chi connectivity index (χ4v) is 6.27. The van der Waals surface area contributed by atoms with Crippen LogP contribution < -0.4 is 0 Å². The molecule has 2 aliphatic heterocycles. The van der Waals surface area contributed by atoms with Crippen molar-refractivity contribution in [1.29, 1.82) is 5.26 Å². The van der Waals surface area contributed by atoms with Gasteiger partial charge in [0.25, 0.3) is 5.91 Å². The molecule has 0 bridgehead atoms. The molecule has 1 N–H and O–H groups in total. The van der Waals surface area contributed by atoms with Gasteiger partial charge in [-0.3, -0.25) is 19.3 Å². The number of H-pyrrole nitrogens is 1. The number of methoxy groups -OCH3 is 1. The lowest BCUT2D eigenvalue weighted by Crippen LogP contribution is -2.66. The van der Waals surface area contributed by atoms with Crippen LogP contribution in [0.1, 0.15) is 41.3 Å². The third-order valence-electron chi connectivity index (χ3n) is 8.73. The van der Waals surface area contributed by atoms with Crippen LogP contribution in [0.4, 0.5) is 13.2 Å². The minimum Gasteiger partial charge on any atom is -0.383 e. The molecule has 0 saturated carbocycles. The van der Waals surface area contributed by atoms with Gasteiger partial charge in [0.15, 0.2) is 0 Å². The van der Waals surface area contributed by atoms with E-state index in [2.05, 4.69) is 41.0 Å². The zero-order valence-corrected chi connectivity index (χ0v) is 25.5. The standard InChI is InChI=1S/C30H34F3N11O2/c1-41(11-12-46-2)16-21-13-24(40-28(39-21)30(31,32)33)27(45)42-9-4-22(5-10-42)43-17-29(18-43,6-7-34)44-15-20(14-38-44)25-23-3-8-35-26(23)37-19-36-25/h3,8,13-15,19,22H,4-6,9-12,16-18H2,1-2H3,(H,35,36,37). The number of piperidine rings is 1. The Labute approximate surface area is 263 Å². The van der Waals surface area contributed by atoms with Gasteiger partial charge in [-0.1, -0.05) is 0 Å². The Bertz CT molecular complexity index is 1730. The van der Waals surface area contributed by atoms with Crippen molar-refractivity contribution in [2.45, 2.75) is 43.6 Å². The Hall–Kier alpha value is -4.46. The van der Waals surface area contributed by atoms with Gasteiger partial charge < -0.3 is 14.6 Å². The molecule has 2 fully saturated rings. The van der Waals surface area contributed by atoms with Crippen molar-refractivity contribution >= 4 is 16.9 Å². The highest BCUT2D eigenvalue weighted by Crippen LogP contribution is 2.37. The van der Waals surface area contributed by atoms with Crippen molar-refractivity contribution in [3.05, 3.63) is 54.3 Å². The van der Waals surface area contributed by atoms with E-state index in [0.717, 1.165) is 22.3 Å². The minimum absolute atomic E-state index is 0.115. The molecular formula is C30H34F3N11O2. The molecule has 0 aliphatic carbocycles. The van der Waals surface area contributed by atoms with Gasteiger partial charge in [-0.15, -0.1) is 0 Å². The quantitative estimate of drug-likeness (QED) is 0.276. The average molecular weight is 638 g/mol. The van der Waals surface area contributed by atoms with Crippen LogP contribution in [0.3, 0.4) is 0 Å². The van der Waals surface area contributed by atoms with Crippen LogP contribution in [-0.4, -0.2) is 115 Å². The second-order valence-corrected chi connectivity index (χ2v) is 11.9. The zero-order chi connectivity index (χ0) is 32.5. The number of hydrogen-bond donors (Lipinski definition) is 1. The first kappa shape index (κ1) is 31.5. The Morgan fingerprint density at radius 1 is 1.24 bits per heavy atom. The van der Waals surface area contributed by atoms with E-state index in [-0.39, 0.29) is 30.4 Å². The van der Waals surface area contributed by atoms with Crippen LogP contribution >= 0.6 is 0 Å². The normalized spacial score (nSPS) is 17.4. The number of nitrogens with zero attached hydrogens (tertiary/aromatic N) is 10. The fourth-order valence-electron chi connectivity index (χ4n) is 6.27. The van der Waals surface area contributed by atoms with Crippen LogP contribution in [0.15, 0.2) is 37.1 Å². The van der Waals surface area contributed by atoms with E-state index in [1.54, 1.807) is 30.2 Å². The number of hydrogen-bond acceptors (Lipinski definition) is 10. The van der Waals surface area contributed by atoms with Crippen molar-refractivity contribution in [2.24, 2.45) is 0 Å².